The molecular formula is C29H39N3O5S. The molecule has 38 heavy (non-hydrogen) atoms. The number of hydrogen-bond donors (Lipinski definition) is 1. The van der Waals surface area contributed by atoms with Crippen LogP contribution in [0.15, 0.2) is 65.6 Å². The Kier molecular flexibility index (Phi) is 8.78. The molecule has 2 aromatic rings. The fraction of sp³-hybridized carbons (Fsp3) is 0.517. The first-order chi connectivity index (χ1) is 18.0. The molecule has 0 saturated carbocycles. The van der Waals surface area contributed by atoms with Gasteiger partial charge < -0.3 is 15.0 Å². The third kappa shape index (κ3) is 6.94. The Labute approximate surface area is 226 Å². The molecule has 3 unspecified atom stereocenters. The summed E-state index contributed by atoms with van der Waals surface area (Å²) in [6, 6.07) is 17.7. The molecular weight excluding hydrogens is 502 g/mol. The number of piperidine rings is 2. The monoisotopic (exact) mass is 541 g/mol. The highest BCUT2D eigenvalue weighted by Crippen LogP contribution is 2.37. The second kappa shape index (κ2) is 11.9. The summed E-state index contributed by atoms with van der Waals surface area (Å²) < 4.78 is 34.4. The fourth-order valence-electron chi connectivity index (χ4n) is 5.27. The number of amides is 2. The molecule has 4 rings (SSSR count). The molecule has 0 bridgehead atoms. The molecule has 2 heterocycles. The average Bonchev–Trinajstić information content (AvgIpc) is 2.91. The lowest BCUT2D eigenvalue weighted by molar-refractivity contribution is -0.126. The van der Waals surface area contributed by atoms with Crippen LogP contribution in [-0.2, 0) is 19.6 Å². The Morgan fingerprint density at radius 2 is 1.61 bits per heavy atom. The Morgan fingerprint density at radius 3 is 2.26 bits per heavy atom. The van der Waals surface area contributed by atoms with Crippen molar-refractivity contribution < 1.29 is 22.7 Å². The van der Waals surface area contributed by atoms with Gasteiger partial charge in [-0.2, -0.15) is 4.31 Å². The molecule has 9 heteroatoms. The van der Waals surface area contributed by atoms with Gasteiger partial charge >= 0.3 is 6.09 Å². The summed E-state index contributed by atoms with van der Waals surface area (Å²) in [4.78, 5) is 27.7. The maximum absolute atomic E-state index is 13.7. The first-order valence-corrected chi connectivity index (χ1v) is 14.9. The van der Waals surface area contributed by atoms with Gasteiger partial charge in [0.15, 0.2) is 0 Å². The van der Waals surface area contributed by atoms with Crippen LogP contribution in [0.5, 0.6) is 0 Å². The number of sulfonamides is 1. The van der Waals surface area contributed by atoms with Crippen molar-refractivity contribution >= 4 is 22.0 Å². The molecule has 2 aliphatic rings. The van der Waals surface area contributed by atoms with Crippen LogP contribution in [0, 0.1) is 11.8 Å². The quantitative estimate of drug-likeness (QED) is 0.577. The third-order valence-electron chi connectivity index (χ3n) is 7.18. The zero-order chi connectivity index (χ0) is 27.3. The van der Waals surface area contributed by atoms with Gasteiger partial charge in [-0.25, -0.2) is 13.2 Å². The maximum atomic E-state index is 13.7. The van der Waals surface area contributed by atoms with E-state index >= 15 is 0 Å². The van der Waals surface area contributed by atoms with E-state index in [0.717, 1.165) is 18.4 Å². The lowest BCUT2D eigenvalue weighted by Gasteiger charge is -2.39. The lowest BCUT2D eigenvalue weighted by atomic mass is 9.90. The molecule has 206 valence electrons. The minimum atomic E-state index is -3.80. The number of nitrogens with zero attached hydrogens (tertiary/aromatic N) is 2. The zero-order valence-corrected chi connectivity index (χ0v) is 23.3. The number of rotatable bonds is 6. The van der Waals surface area contributed by atoms with Crippen molar-refractivity contribution in [1.29, 1.82) is 0 Å². The summed E-state index contributed by atoms with van der Waals surface area (Å²) in [5, 5.41) is 3.06. The number of carbonyl (C=O) groups excluding carboxylic acids is 2. The highest BCUT2D eigenvalue weighted by atomic mass is 32.2. The van der Waals surface area contributed by atoms with Crippen LogP contribution in [0.3, 0.4) is 0 Å². The molecule has 2 aromatic carbocycles. The van der Waals surface area contributed by atoms with Crippen molar-refractivity contribution in [2.24, 2.45) is 11.8 Å². The van der Waals surface area contributed by atoms with Crippen molar-refractivity contribution in [3.63, 3.8) is 0 Å². The van der Waals surface area contributed by atoms with E-state index < -0.39 is 21.5 Å². The van der Waals surface area contributed by atoms with E-state index in [9.17, 15) is 18.0 Å². The number of ether oxygens (including phenoxy) is 1. The highest BCUT2D eigenvalue weighted by molar-refractivity contribution is 7.89. The third-order valence-corrected chi connectivity index (χ3v) is 9.07. The second-order valence-electron chi connectivity index (χ2n) is 11.3. The number of likely N-dealkylation sites (tertiary alicyclic amines) is 1. The molecule has 2 amide bonds. The van der Waals surface area contributed by atoms with E-state index in [4.69, 9.17) is 4.74 Å². The number of nitrogens with one attached hydrogen (secondary N) is 1. The molecule has 0 aliphatic carbocycles. The van der Waals surface area contributed by atoms with Crippen LogP contribution in [0.2, 0.25) is 0 Å². The van der Waals surface area contributed by atoms with E-state index in [2.05, 4.69) is 5.32 Å². The van der Waals surface area contributed by atoms with Gasteiger partial charge in [0.1, 0.15) is 5.60 Å². The summed E-state index contributed by atoms with van der Waals surface area (Å²) in [5.74, 6) is -0.455. The van der Waals surface area contributed by atoms with Gasteiger partial charge in [-0.05, 0) is 70.1 Å². The predicted molar refractivity (Wildman–Crippen MR) is 146 cm³/mol. The second-order valence-corrected chi connectivity index (χ2v) is 13.2. The fourth-order valence-corrected chi connectivity index (χ4v) is 6.98. The van der Waals surface area contributed by atoms with Crippen molar-refractivity contribution in [2.45, 2.75) is 63.0 Å². The van der Waals surface area contributed by atoms with Gasteiger partial charge in [0, 0.05) is 26.2 Å². The zero-order valence-electron chi connectivity index (χ0n) is 22.5. The van der Waals surface area contributed by atoms with Crippen LogP contribution >= 0.6 is 0 Å². The van der Waals surface area contributed by atoms with E-state index in [1.54, 1.807) is 35.2 Å². The molecule has 3 atom stereocenters. The summed E-state index contributed by atoms with van der Waals surface area (Å²) in [7, 11) is -3.80. The molecule has 2 saturated heterocycles. The molecule has 8 nitrogen and oxygen atoms in total. The average molecular weight is 542 g/mol. The topological polar surface area (TPSA) is 96.0 Å². The largest absolute Gasteiger partial charge is 0.444 e. The minimum Gasteiger partial charge on any atom is -0.444 e. The first-order valence-electron chi connectivity index (χ1n) is 13.4. The molecule has 0 aromatic heterocycles. The van der Waals surface area contributed by atoms with Gasteiger partial charge in [0.05, 0.1) is 16.9 Å². The van der Waals surface area contributed by atoms with Crippen LogP contribution < -0.4 is 5.32 Å². The van der Waals surface area contributed by atoms with Crippen molar-refractivity contribution in [1.82, 2.24) is 14.5 Å². The van der Waals surface area contributed by atoms with Crippen molar-refractivity contribution in [3.05, 3.63) is 66.2 Å². The maximum Gasteiger partial charge on any atom is 0.410 e. The summed E-state index contributed by atoms with van der Waals surface area (Å²) in [5.41, 5.74) is 0.373. The highest BCUT2D eigenvalue weighted by Gasteiger charge is 2.40. The summed E-state index contributed by atoms with van der Waals surface area (Å²) in [6.07, 6.45) is 2.60. The van der Waals surface area contributed by atoms with E-state index in [1.807, 2.05) is 51.1 Å². The smallest absolute Gasteiger partial charge is 0.410 e. The van der Waals surface area contributed by atoms with Crippen LogP contribution in [0.4, 0.5) is 4.79 Å². The van der Waals surface area contributed by atoms with E-state index in [0.29, 0.717) is 32.5 Å². The van der Waals surface area contributed by atoms with Crippen LogP contribution in [0.1, 0.15) is 58.1 Å². The van der Waals surface area contributed by atoms with Gasteiger partial charge in [-0.15, -0.1) is 0 Å². The Morgan fingerprint density at radius 1 is 0.947 bits per heavy atom. The Bertz CT molecular complexity index is 1200. The first kappa shape index (κ1) is 28.1. The van der Waals surface area contributed by atoms with Gasteiger partial charge in [0.2, 0.25) is 15.9 Å². The SMILES string of the molecule is CC(C)(C)OC(=O)N1CCCC(CNC(=O)C2CCC(c3ccccc3)N(S(=O)(=O)c3ccccc3)C2)C1. The Hall–Kier alpha value is -2.91. The number of benzene rings is 2. The normalized spacial score (nSPS) is 23.0. The standard InChI is InChI=1S/C29H39N3O5S/c1-29(2,3)37-28(34)31-18-10-11-22(20-31)19-30-27(33)24-16-17-26(23-12-6-4-7-13-23)32(21-24)38(35,36)25-14-8-5-9-15-25/h4-9,12-15,22,24,26H,10-11,16-21H2,1-3H3,(H,30,33). The van der Waals surface area contributed by atoms with Gasteiger partial charge in [0.25, 0.3) is 0 Å². The van der Waals surface area contributed by atoms with Crippen LogP contribution in [0.25, 0.3) is 0 Å². The Balaban J connectivity index is 1.42. The van der Waals surface area contributed by atoms with Gasteiger partial charge in [-0.3, -0.25) is 4.79 Å². The molecule has 0 radical (unpaired) electrons. The summed E-state index contributed by atoms with van der Waals surface area (Å²) >= 11 is 0. The number of hydrogen-bond acceptors (Lipinski definition) is 5. The van der Waals surface area contributed by atoms with Crippen LogP contribution in [-0.4, -0.2) is 61.4 Å². The van der Waals surface area contributed by atoms with Crippen molar-refractivity contribution in [3.8, 4) is 0 Å². The van der Waals surface area contributed by atoms with E-state index in [-0.39, 0.29) is 35.4 Å². The molecule has 2 aliphatic heterocycles. The lowest BCUT2D eigenvalue weighted by Crippen LogP contribution is -2.49. The predicted octanol–water partition coefficient (Wildman–Crippen LogP) is 4.59. The molecule has 1 N–H and O–H groups in total. The minimum absolute atomic E-state index is 0.122. The molecule has 2 fully saturated rings. The molecule has 0 spiro atoms. The summed E-state index contributed by atoms with van der Waals surface area (Å²) in [6.45, 7) is 7.29. The number of carbonyl (C=O) groups is 2. The van der Waals surface area contributed by atoms with Crippen molar-refractivity contribution in [2.75, 3.05) is 26.2 Å². The van der Waals surface area contributed by atoms with E-state index in [1.165, 1.54) is 4.31 Å². The van der Waals surface area contributed by atoms with Gasteiger partial charge in [-0.1, -0.05) is 48.5 Å².